The van der Waals surface area contributed by atoms with E-state index in [9.17, 15) is 4.79 Å². The van der Waals surface area contributed by atoms with Crippen LogP contribution in [0.2, 0.25) is 0 Å². The number of piperazine rings is 1. The largest absolute Gasteiger partial charge is 0.357 e. The second-order valence-corrected chi connectivity index (χ2v) is 6.92. The van der Waals surface area contributed by atoms with Crippen LogP contribution in [0.1, 0.15) is 30.1 Å². The third-order valence-electron chi connectivity index (χ3n) is 5.04. The first-order valence-corrected chi connectivity index (χ1v) is 9.14. The van der Waals surface area contributed by atoms with Crippen LogP contribution in [-0.2, 0) is 0 Å². The van der Waals surface area contributed by atoms with E-state index in [0.29, 0.717) is 12.1 Å². The van der Waals surface area contributed by atoms with Gasteiger partial charge in [-0.3, -0.25) is 9.69 Å². The number of aromatic nitrogens is 1. The number of halogens is 2. The Balaban J connectivity index is 0.00000169. The molecule has 8 heteroatoms. The molecule has 26 heavy (non-hydrogen) atoms. The normalized spacial score (nSPS) is 18.6. The first-order chi connectivity index (χ1) is 11.7. The average Bonchev–Trinajstić information content (AvgIpc) is 2.63. The number of hydrogen-bond donors (Lipinski definition) is 2. The summed E-state index contributed by atoms with van der Waals surface area (Å²) in [5.74, 6) is 1.76. The zero-order valence-corrected chi connectivity index (χ0v) is 17.1. The lowest BCUT2D eigenvalue weighted by atomic mass is 9.99. The number of pyridine rings is 1. The van der Waals surface area contributed by atoms with Crippen LogP contribution in [0.15, 0.2) is 18.3 Å². The Morgan fingerprint density at radius 1 is 1.19 bits per heavy atom. The van der Waals surface area contributed by atoms with E-state index < -0.39 is 0 Å². The van der Waals surface area contributed by atoms with Crippen LogP contribution in [0.4, 0.5) is 5.82 Å². The van der Waals surface area contributed by atoms with Gasteiger partial charge in [-0.25, -0.2) is 4.98 Å². The molecule has 1 aromatic rings. The van der Waals surface area contributed by atoms with E-state index in [0.717, 1.165) is 57.5 Å². The molecule has 148 valence electrons. The van der Waals surface area contributed by atoms with Gasteiger partial charge < -0.3 is 15.5 Å². The van der Waals surface area contributed by atoms with Crippen LogP contribution in [0.25, 0.3) is 0 Å². The molecule has 2 aliphatic heterocycles. The highest BCUT2D eigenvalue weighted by Gasteiger charge is 2.17. The summed E-state index contributed by atoms with van der Waals surface area (Å²) in [6, 6.07) is 3.86. The highest BCUT2D eigenvalue weighted by atomic mass is 35.5. The number of carbonyl (C=O) groups is 1. The highest BCUT2D eigenvalue weighted by molar-refractivity contribution is 5.94. The lowest BCUT2D eigenvalue weighted by molar-refractivity contribution is 0.0947. The number of nitrogens with one attached hydrogen (secondary N) is 2. The summed E-state index contributed by atoms with van der Waals surface area (Å²) in [7, 11) is 0. The number of carbonyl (C=O) groups excluding carboxylic acids is 1. The lowest BCUT2D eigenvalue weighted by Gasteiger charge is -2.31. The van der Waals surface area contributed by atoms with Crippen LogP contribution in [0, 0.1) is 5.92 Å². The van der Waals surface area contributed by atoms with E-state index in [4.69, 9.17) is 0 Å². The van der Waals surface area contributed by atoms with Gasteiger partial charge >= 0.3 is 0 Å². The molecule has 0 aromatic carbocycles. The summed E-state index contributed by atoms with van der Waals surface area (Å²) in [5, 5.41) is 6.33. The molecule has 2 N–H and O–H groups in total. The molecular weight excluding hydrogens is 373 g/mol. The first-order valence-electron chi connectivity index (χ1n) is 9.14. The van der Waals surface area contributed by atoms with Gasteiger partial charge in [0, 0.05) is 58.6 Å². The molecule has 2 aliphatic rings. The molecule has 0 saturated carbocycles. The van der Waals surface area contributed by atoms with Crippen molar-refractivity contribution >= 4 is 36.5 Å². The Bertz CT molecular complexity index is 529. The summed E-state index contributed by atoms with van der Waals surface area (Å²) >= 11 is 0. The van der Waals surface area contributed by atoms with E-state index >= 15 is 0 Å². The van der Waals surface area contributed by atoms with Crippen LogP contribution in [0.3, 0.4) is 0 Å². The SMILES string of the molecule is CC1CCN(c2ccc(C(=O)NCCN3CCNCC3)cn2)CC1.Cl.Cl. The maximum Gasteiger partial charge on any atom is 0.252 e. The van der Waals surface area contributed by atoms with Crippen molar-refractivity contribution in [2.24, 2.45) is 5.92 Å². The second-order valence-electron chi connectivity index (χ2n) is 6.92. The third kappa shape index (κ3) is 6.58. The number of amides is 1. The van der Waals surface area contributed by atoms with Crippen molar-refractivity contribution in [3.8, 4) is 0 Å². The topological polar surface area (TPSA) is 60.5 Å². The molecule has 0 atom stereocenters. The molecule has 0 unspecified atom stereocenters. The Morgan fingerprint density at radius 3 is 2.50 bits per heavy atom. The molecule has 6 nitrogen and oxygen atoms in total. The number of anilines is 1. The predicted octanol–water partition coefficient (Wildman–Crippen LogP) is 1.80. The fourth-order valence-corrected chi connectivity index (χ4v) is 3.31. The van der Waals surface area contributed by atoms with Gasteiger partial charge in [-0.15, -0.1) is 24.8 Å². The quantitative estimate of drug-likeness (QED) is 0.784. The van der Waals surface area contributed by atoms with Gasteiger partial charge in [-0.05, 0) is 30.9 Å². The van der Waals surface area contributed by atoms with Crippen LogP contribution >= 0.6 is 24.8 Å². The van der Waals surface area contributed by atoms with Gasteiger partial charge in [0.1, 0.15) is 5.82 Å². The number of rotatable bonds is 5. The molecule has 0 radical (unpaired) electrons. The molecule has 1 aromatic heterocycles. The van der Waals surface area contributed by atoms with Crippen molar-refractivity contribution in [1.82, 2.24) is 20.5 Å². The van der Waals surface area contributed by atoms with Gasteiger partial charge in [0.05, 0.1) is 5.56 Å². The summed E-state index contributed by atoms with van der Waals surface area (Å²) in [6.45, 7) is 10.2. The van der Waals surface area contributed by atoms with Crippen LogP contribution in [-0.4, -0.2) is 68.1 Å². The van der Waals surface area contributed by atoms with Crippen LogP contribution in [0.5, 0.6) is 0 Å². The third-order valence-corrected chi connectivity index (χ3v) is 5.04. The summed E-state index contributed by atoms with van der Waals surface area (Å²) in [6.07, 6.45) is 4.14. The van der Waals surface area contributed by atoms with Gasteiger partial charge in [-0.2, -0.15) is 0 Å². The van der Waals surface area contributed by atoms with E-state index in [1.807, 2.05) is 12.1 Å². The molecular formula is C18H31Cl2N5O. The Hall–Kier alpha value is -1.08. The molecule has 0 bridgehead atoms. The molecule has 2 fully saturated rings. The van der Waals surface area contributed by atoms with E-state index in [1.165, 1.54) is 12.8 Å². The lowest BCUT2D eigenvalue weighted by Crippen LogP contribution is -2.46. The zero-order valence-electron chi connectivity index (χ0n) is 15.4. The van der Waals surface area contributed by atoms with E-state index in [-0.39, 0.29) is 30.7 Å². The highest BCUT2D eigenvalue weighted by Crippen LogP contribution is 2.21. The van der Waals surface area contributed by atoms with E-state index in [1.54, 1.807) is 6.20 Å². The summed E-state index contributed by atoms with van der Waals surface area (Å²) in [4.78, 5) is 21.4. The van der Waals surface area contributed by atoms with Gasteiger partial charge in [0.25, 0.3) is 5.91 Å². The fraction of sp³-hybridized carbons (Fsp3) is 0.667. The second kappa shape index (κ2) is 11.6. The van der Waals surface area contributed by atoms with Gasteiger partial charge in [-0.1, -0.05) is 6.92 Å². The molecule has 0 spiro atoms. The van der Waals surface area contributed by atoms with Crippen LogP contribution < -0.4 is 15.5 Å². The van der Waals surface area contributed by atoms with E-state index in [2.05, 4.69) is 32.3 Å². The minimum atomic E-state index is -0.0311. The van der Waals surface area contributed by atoms with Crippen molar-refractivity contribution in [2.75, 3.05) is 57.3 Å². The Kier molecular flexibility index (Phi) is 10.2. The molecule has 0 aliphatic carbocycles. The monoisotopic (exact) mass is 403 g/mol. The molecule has 2 saturated heterocycles. The van der Waals surface area contributed by atoms with Crippen molar-refractivity contribution in [3.63, 3.8) is 0 Å². The summed E-state index contributed by atoms with van der Waals surface area (Å²) in [5.41, 5.74) is 0.643. The van der Waals surface area contributed by atoms with Crippen molar-refractivity contribution in [3.05, 3.63) is 23.9 Å². The minimum Gasteiger partial charge on any atom is -0.357 e. The summed E-state index contributed by atoms with van der Waals surface area (Å²) < 4.78 is 0. The Morgan fingerprint density at radius 2 is 1.88 bits per heavy atom. The number of piperidine rings is 1. The number of nitrogens with zero attached hydrogens (tertiary/aromatic N) is 3. The van der Waals surface area contributed by atoms with Crippen molar-refractivity contribution in [1.29, 1.82) is 0 Å². The predicted molar refractivity (Wildman–Crippen MR) is 111 cm³/mol. The molecule has 1 amide bonds. The maximum absolute atomic E-state index is 12.2. The van der Waals surface area contributed by atoms with Gasteiger partial charge in [0.2, 0.25) is 0 Å². The smallest absolute Gasteiger partial charge is 0.252 e. The van der Waals surface area contributed by atoms with Crippen molar-refractivity contribution < 1.29 is 4.79 Å². The molecule has 3 heterocycles. The van der Waals surface area contributed by atoms with Gasteiger partial charge in [0.15, 0.2) is 0 Å². The fourth-order valence-electron chi connectivity index (χ4n) is 3.31. The number of hydrogen-bond acceptors (Lipinski definition) is 5. The maximum atomic E-state index is 12.2. The van der Waals surface area contributed by atoms with Crippen molar-refractivity contribution in [2.45, 2.75) is 19.8 Å². The Labute approximate surface area is 168 Å². The zero-order chi connectivity index (χ0) is 16.8. The minimum absolute atomic E-state index is 0. The molecule has 3 rings (SSSR count). The standard InChI is InChI=1S/C18H29N5O.2ClH/c1-15-4-9-23(10-5-15)17-3-2-16(14-21-17)18(24)20-8-13-22-11-6-19-7-12-22;;/h2-3,14-15,19H,4-13H2,1H3,(H,20,24);2*1H. The average molecular weight is 404 g/mol. The first kappa shape index (κ1) is 23.0.